The smallest absolute Gasteiger partial charge is 0.328 e. The summed E-state index contributed by atoms with van der Waals surface area (Å²) in [6, 6.07) is 9.98. The van der Waals surface area contributed by atoms with E-state index >= 15 is 0 Å². The molecule has 1 fully saturated rings. The van der Waals surface area contributed by atoms with Crippen LogP contribution in [-0.4, -0.2) is 49.9 Å². The largest absolute Gasteiger partial charge is 0.350 e. The molecule has 0 saturated carbocycles. The molecule has 0 unspecified atom stereocenters. The highest BCUT2D eigenvalue weighted by Crippen LogP contribution is 2.39. The molecule has 42 heavy (non-hydrogen) atoms. The third-order valence-electron chi connectivity index (χ3n) is 7.38. The number of halogens is 1. The molecule has 2 aliphatic rings. The van der Waals surface area contributed by atoms with E-state index in [2.05, 4.69) is 39.7 Å². The molecule has 2 aliphatic heterocycles. The van der Waals surface area contributed by atoms with Gasteiger partial charge in [0.05, 0.1) is 36.3 Å². The Morgan fingerprint density at radius 3 is 2.62 bits per heavy atom. The summed E-state index contributed by atoms with van der Waals surface area (Å²) in [5.41, 5.74) is 5.01. The van der Waals surface area contributed by atoms with Crippen molar-refractivity contribution < 1.29 is 14.4 Å². The van der Waals surface area contributed by atoms with Gasteiger partial charge in [-0.25, -0.2) is 4.79 Å². The van der Waals surface area contributed by atoms with E-state index in [1.165, 1.54) is 9.78 Å². The maximum Gasteiger partial charge on any atom is 0.328 e. The second kappa shape index (κ2) is 11.1. The highest BCUT2D eigenvalue weighted by atomic mass is 35.5. The van der Waals surface area contributed by atoms with Gasteiger partial charge in [0, 0.05) is 34.0 Å². The average Bonchev–Trinajstić information content (AvgIpc) is 3.44. The Hall–Kier alpha value is -4.42. The van der Waals surface area contributed by atoms with Gasteiger partial charge in [0.2, 0.25) is 11.8 Å². The Kier molecular flexibility index (Phi) is 7.33. The molecule has 1 aromatic carbocycles. The molecule has 6 rings (SSSR count). The molecule has 1 saturated heterocycles. The molecule has 0 bridgehead atoms. The maximum atomic E-state index is 13.2. The Morgan fingerprint density at radius 1 is 1.12 bits per heavy atom. The number of carbonyl (C=O) groups is 3. The zero-order valence-electron chi connectivity index (χ0n) is 23.1. The number of imide groups is 1. The minimum absolute atomic E-state index is 0.0578. The van der Waals surface area contributed by atoms with Crippen molar-refractivity contribution in [3.8, 4) is 5.00 Å². The molecule has 214 valence electrons. The molecule has 1 atom stereocenters. The van der Waals surface area contributed by atoms with E-state index in [4.69, 9.17) is 16.6 Å². The highest BCUT2D eigenvalue weighted by Gasteiger charge is 2.32. The molecular weight excluding hydrogens is 576 g/mol. The van der Waals surface area contributed by atoms with E-state index in [1.54, 1.807) is 29.7 Å². The maximum absolute atomic E-state index is 13.2. The molecule has 13 heteroatoms. The van der Waals surface area contributed by atoms with Crippen LogP contribution in [0.1, 0.15) is 57.8 Å². The molecule has 5 heterocycles. The van der Waals surface area contributed by atoms with Crippen molar-refractivity contribution in [3.05, 3.63) is 86.5 Å². The second-order valence-corrected chi connectivity index (χ2v) is 11.8. The predicted octanol–water partition coefficient (Wildman–Crippen LogP) is 4.35. The first kappa shape index (κ1) is 27.7. The molecule has 0 radical (unpaired) electrons. The van der Waals surface area contributed by atoms with Gasteiger partial charge in [-0.15, -0.1) is 21.5 Å². The third kappa shape index (κ3) is 5.19. The van der Waals surface area contributed by atoms with Crippen LogP contribution in [0.5, 0.6) is 0 Å². The molecule has 4 aromatic rings. The van der Waals surface area contributed by atoms with Gasteiger partial charge in [-0.05, 0) is 50.6 Å². The predicted molar refractivity (Wildman–Crippen MR) is 159 cm³/mol. The van der Waals surface area contributed by atoms with Crippen LogP contribution in [0.2, 0.25) is 5.02 Å². The number of nitrogens with zero attached hydrogens (tertiary/aromatic N) is 6. The minimum atomic E-state index is -0.577. The minimum Gasteiger partial charge on any atom is -0.350 e. The number of benzene rings is 1. The standard InChI is InChI=1S/C29H27ClN8O3S/c1-15-16(2)42-28-25(15)26(18-4-6-19(30)7-5-18)33-22(27-36-35-17(3)38(27)28)12-24(40)32-13-20-8-9-21(14-31-20)37-11-10-23(39)34-29(37)41/h4-9,14,22H,10-13H2,1-3H3,(H,32,40)(H,34,39,41)/t22-/m0/s1. The normalized spacial score (nSPS) is 16.3. The number of urea groups is 1. The molecule has 4 amide bonds. The lowest BCUT2D eigenvalue weighted by Gasteiger charge is -2.26. The van der Waals surface area contributed by atoms with E-state index in [0.717, 1.165) is 33.2 Å². The number of hydrogen-bond acceptors (Lipinski definition) is 8. The lowest BCUT2D eigenvalue weighted by molar-refractivity contribution is -0.122. The molecular formula is C29H27ClN8O3S. The summed E-state index contributed by atoms with van der Waals surface area (Å²) in [5.74, 6) is 0.817. The lowest BCUT2D eigenvalue weighted by Crippen LogP contribution is -2.49. The first-order valence-electron chi connectivity index (χ1n) is 13.4. The fourth-order valence-electron chi connectivity index (χ4n) is 5.06. The summed E-state index contributed by atoms with van der Waals surface area (Å²) in [6.07, 6.45) is 1.84. The number of aliphatic imine (C=N–C) groups is 1. The number of anilines is 1. The molecule has 3 aromatic heterocycles. The second-order valence-electron chi connectivity index (χ2n) is 10.1. The zero-order valence-corrected chi connectivity index (χ0v) is 24.7. The van der Waals surface area contributed by atoms with Gasteiger partial charge >= 0.3 is 6.03 Å². The van der Waals surface area contributed by atoms with E-state index in [-0.39, 0.29) is 37.7 Å². The Morgan fingerprint density at radius 2 is 1.90 bits per heavy atom. The number of rotatable bonds is 6. The number of amides is 4. The van der Waals surface area contributed by atoms with Crippen molar-refractivity contribution in [2.75, 3.05) is 11.4 Å². The van der Waals surface area contributed by atoms with E-state index in [0.29, 0.717) is 22.2 Å². The van der Waals surface area contributed by atoms with Crippen LogP contribution in [0, 0.1) is 20.8 Å². The van der Waals surface area contributed by atoms with Gasteiger partial charge in [-0.3, -0.25) is 34.3 Å². The van der Waals surface area contributed by atoms with Crippen molar-refractivity contribution in [1.82, 2.24) is 30.4 Å². The fraction of sp³-hybridized carbons (Fsp3) is 0.276. The SMILES string of the molecule is Cc1sc2c(c1C)C(c1ccc(Cl)cc1)=N[C@@H](CC(=O)NCc1ccc(N3CCC(=O)NC3=O)cn1)c1nnc(C)n1-2. The number of carbonyl (C=O) groups excluding carboxylic acids is 3. The summed E-state index contributed by atoms with van der Waals surface area (Å²) in [7, 11) is 0. The zero-order chi connectivity index (χ0) is 29.5. The van der Waals surface area contributed by atoms with E-state index < -0.39 is 12.1 Å². The Balaban J connectivity index is 1.24. The van der Waals surface area contributed by atoms with Crippen LogP contribution < -0.4 is 15.5 Å². The average molecular weight is 603 g/mol. The first-order valence-corrected chi connectivity index (χ1v) is 14.6. The van der Waals surface area contributed by atoms with Crippen LogP contribution in [-0.2, 0) is 16.1 Å². The van der Waals surface area contributed by atoms with Crippen molar-refractivity contribution >= 4 is 52.2 Å². The highest BCUT2D eigenvalue weighted by molar-refractivity contribution is 7.15. The number of nitrogens with one attached hydrogen (secondary N) is 2. The van der Waals surface area contributed by atoms with Crippen molar-refractivity contribution in [2.45, 2.75) is 46.2 Å². The quantitative estimate of drug-likeness (QED) is 0.337. The summed E-state index contributed by atoms with van der Waals surface area (Å²) < 4.78 is 2.01. The third-order valence-corrected chi connectivity index (χ3v) is 8.82. The van der Waals surface area contributed by atoms with Gasteiger partial charge in [-0.1, -0.05) is 23.7 Å². The van der Waals surface area contributed by atoms with Gasteiger partial charge in [0.1, 0.15) is 16.9 Å². The van der Waals surface area contributed by atoms with Crippen LogP contribution in [0.25, 0.3) is 5.00 Å². The van der Waals surface area contributed by atoms with Crippen LogP contribution in [0.4, 0.5) is 10.5 Å². The monoisotopic (exact) mass is 602 g/mol. The number of aromatic nitrogens is 4. The fourth-order valence-corrected chi connectivity index (χ4v) is 6.40. The molecule has 11 nitrogen and oxygen atoms in total. The Labute approximate surface area is 250 Å². The van der Waals surface area contributed by atoms with Gasteiger partial charge in [0.15, 0.2) is 5.82 Å². The summed E-state index contributed by atoms with van der Waals surface area (Å²) in [5, 5.41) is 15.6. The number of pyridine rings is 1. The number of fused-ring (bicyclic) bond motifs is 3. The van der Waals surface area contributed by atoms with Gasteiger partial charge in [-0.2, -0.15) is 0 Å². The van der Waals surface area contributed by atoms with Gasteiger partial charge < -0.3 is 5.32 Å². The molecule has 0 spiro atoms. The van der Waals surface area contributed by atoms with Crippen molar-refractivity contribution in [3.63, 3.8) is 0 Å². The topological polar surface area (TPSA) is 134 Å². The molecule has 0 aliphatic carbocycles. The lowest BCUT2D eigenvalue weighted by atomic mass is 9.99. The number of hydrogen-bond donors (Lipinski definition) is 2. The number of aryl methyl sites for hydroxylation is 2. The Bertz CT molecular complexity index is 1740. The molecule has 2 N–H and O–H groups in total. The van der Waals surface area contributed by atoms with E-state index in [9.17, 15) is 14.4 Å². The van der Waals surface area contributed by atoms with E-state index in [1.807, 2.05) is 35.8 Å². The first-order chi connectivity index (χ1) is 20.2. The van der Waals surface area contributed by atoms with Gasteiger partial charge in [0.25, 0.3) is 0 Å². The summed E-state index contributed by atoms with van der Waals surface area (Å²) in [6.45, 7) is 6.55. The summed E-state index contributed by atoms with van der Waals surface area (Å²) >= 11 is 7.84. The van der Waals surface area contributed by atoms with Crippen molar-refractivity contribution in [2.24, 2.45) is 4.99 Å². The van der Waals surface area contributed by atoms with Crippen LogP contribution in [0.15, 0.2) is 47.6 Å². The summed E-state index contributed by atoms with van der Waals surface area (Å²) in [4.78, 5) is 48.9. The number of thiophene rings is 1. The van der Waals surface area contributed by atoms with Crippen LogP contribution >= 0.6 is 22.9 Å². The van der Waals surface area contributed by atoms with Crippen molar-refractivity contribution in [1.29, 1.82) is 0 Å². The van der Waals surface area contributed by atoms with Crippen LogP contribution in [0.3, 0.4) is 0 Å².